The van der Waals surface area contributed by atoms with Crippen molar-refractivity contribution in [2.45, 2.75) is 13.0 Å². The van der Waals surface area contributed by atoms with Crippen molar-refractivity contribution in [3.05, 3.63) is 66.6 Å². The Morgan fingerprint density at radius 3 is 2.71 bits per heavy atom. The summed E-state index contributed by atoms with van der Waals surface area (Å²) < 4.78 is 14.6. The van der Waals surface area contributed by atoms with Crippen molar-refractivity contribution in [1.29, 1.82) is 0 Å². The molecule has 0 radical (unpaired) electrons. The quantitative estimate of drug-likeness (QED) is 0.799. The molecule has 0 aliphatic carbocycles. The fourth-order valence-electron chi connectivity index (χ4n) is 2.08. The first kappa shape index (κ1) is 13.2. The van der Waals surface area contributed by atoms with Crippen molar-refractivity contribution in [2.24, 2.45) is 0 Å². The Kier molecular flexibility index (Phi) is 3.59. The summed E-state index contributed by atoms with van der Waals surface area (Å²) in [6.45, 7) is 2.01. The maximum absolute atomic E-state index is 13.0. The molecule has 3 aromatic rings. The monoisotopic (exact) mass is 283 g/mol. The molecule has 2 heterocycles. The molecule has 1 aromatic carbocycles. The van der Waals surface area contributed by atoms with Gasteiger partial charge >= 0.3 is 0 Å². The van der Waals surface area contributed by atoms with Crippen LogP contribution in [-0.4, -0.2) is 19.7 Å². The van der Waals surface area contributed by atoms with E-state index in [9.17, 15) is 4.39 Å². The lowest BCUT2D eigenvalue weighted by Crippen LogP contribution is -2.10. The van der Waals surface area contributed by atoms with Crippen LogP contribution in [0.5, 0.6) is 0 Å². The highest BCUT2D eigenvalue weighted by Gasteiger charge is 2.10. The van der Waals surface area contributed by atoms with Gasteiger partial charge in [-0.05, 0) is 36.8 Å². The number of aromatic nitrogens is 4. The second kappa shape index (κ2) is 5.70. The van der Waals surface area contributed by atoms with E-state index in [2.05, 4.69) is 20.4 Å². The summed E-state index contributed by atoms with van der Waals surface area (Å²) >= 11 is 0. The molecule has 0 fully saturated rings. The van der Waals surface area contributed by atoms with Crippen LogP contribution < -0.4 is 5.32 Å². The minimum Gasteiger partial charge on any atom is -0.375 e. The van der Waals surface area contributed by atoms with E-state index in [0.717, 1.165) is 11.3 Å². The van der Waals surface area contributed by atoms with E-state index in [0.29, 0.717) is 5.82 Å². The first-order valence-electron chi connectivity index (χ1n) is 6.56. The Hall–Kier alpha value is -2.76. The molecule has 3 rings (SSSR count). The number of nitrogens with one attached hydrogen (secondary N) is 1. The molecular weight excluding hydrogens is 269 g/mol. The standard InChI is InChI=1S/C15H14FN5/c1-11(12-4-6-13(16)7-5-12)20-14-3-2-8-18-15(14)21-10-17-9-19-21/h2-11,20H,1H3. The number of nitrogens with zero attached hydrogens (tertiary/aromatic N) is 4. The third-order valence-electron chi connectivity index (χ3n) is 3.16. The van der Waals surface area contributed by atoms with E-state index in [1.165, 1.54) is 18.5 Å². The molecule has 0 saturated heterocycles. The van der Waals surface area contributed by atoms with Gasteiger partial charge in [0, 0.05) is 12.2 Å². The van der Waals surface area contributed by atoms with E-state index in [1.54, 1.807) is 29.3 Å². The van der Waals surface area contributed by atoms with Crippen molar-refractivity contribution in [2.75, 3.05) is 5.32 Å². The molecule has 106 valence electrons. The molecule has 1 unspecified atom stereocenters. The van der Waals surface area contributed by atoms with Crippen molar-refractivity contribution in [1.82, 2.24) is 19.7 Å². The average Bonchev–Trinajstić information content (AvgIpc) is 3.02. The largest absolute Gasteiger partial charge is 0.375 e. The van der Waals surface area contributed by atoms with Gasteiger partial charge in [-0.25, -0.2) is 19.0 Å². The molecule has 1 N–H and O–H groups in total. The smallest absolute Gasteiger partial charge is 0.178 e. The van der Waals surface area contributed by atoms with Gasteiger partial charge in [-0.15, -0.1) is 0 Å². The Bertz CT molecular complexity index is 709. The first-order valence-corrected chi connectivity index (χ1v) is 6.56. The minimum atomic E-state index is -0.240. The van der Waals surface area contributed by atoms with Crippen molar-refractivity contribution in [3.8, 4) is 5.82 Å². The summed E-state index contributed by atoms with van der Waals surface area (Å²) in [5, 5.41) is 7.45. The zero-order chi connectivity index (χ0) is 14.7. The van der Waals surface area contributed by atoms with Crippen LogP contribution in [0.1, 0.15) is 18.5 Å². The summed E-state index contributed by atoms with van der Waals surface area (Å²) in [5.41, 5.74) is 1.82. The van der Waals surface area contributed by atoms with Gasteiger partial charge in [-0.1, -0.05) is 12.1 Å². The molecule has 0 amide bonds. The molecule has 0 bridgehead atoms. The molecule has 0 aliphatic rings. The maximum atomic E-state index is 13.0. The molecule has 0 aliphatic heterocycles. The minimum absolute atomic E-state index is 0.0112. The summed E-state index contributed by atoms with van der Waals surface area (Å²) in [6.07, 6.45) is 4.75. The summed E-state index contributed by atoms with van der Waals surface area (Å²) in [6, 6.07) is 10.2. The van der Waals surface area contributed by atoms with Crippen molar-refractivity contribution >= 4 is 5.69 Å². The summed E-state index contributed by atoms with van der Waals surface area (Å²) in [4.78, 5) is 8.25. The Balaban J connectivity index is 1.86. The van der Waals surface area contributed by atoms with Gasteiger partial charge in [0.15, 0.2) is 5.82 Å². The second-order valence-electron chi connectivity index (χ2n) is 4.63. The molecular formula is C15H14FN5. The van der Waals surface area contributed by atoms with Gasteiger partial charge in [0.2, 0.25) is 0 Å². The lowest BCUT2D eigenvalue weighted by Gasteiger charge is -2.17. The van der Waals surface area contributed by atoms with E-state index in [1.807, 2.05) is 19.1 Å². The van der Waals surface area contributed by atoms with E-state index < -0.39 is 0 Å². The Morgan fingerprint density at radius 1 is 1.19 bits per heavy atom. The number of rotatable bonds is 4. The summed E-state index contributed by atoms with van der Waals surface area (Å²) in [5.74, 6) is 0.430. The zero-order valence-corrected chi connectivity index (χ0v) is 11.4. The lowest BCUT2D eigenvalue weighted by atomic mass is 10.1. The van der Waals surface area contributed by atoms with Gasteiger partial charge in [-0.3, -0.25) is 0 Å². The third-order valence-corrected chi connectivity index (χ3v) is 3.16. The van der Waals surface area contributed by atoms with Gasteiger partial charge in [-0.2, -0.15) is 5.10 Å². The lowest BCUT2D eigenvalue weighted by molar-refractivity contribution is 0.626. The van der Waals surface area contributed by atoms with Crippen LogP contribution in [0.4, 0.5) is 10.1 Å². The molecule has 21 heavy (non-hydrogen) atoms. The number of benzene rings is 1. The molecule has 0 saturated carbocycles. The average molecular weight is 283 g/mol. The van der Waals surface area contributed by atoms with Crippen LogP contribution in [0.15, 0.2) is 55.2 Å². The van der Waals surface area contributed by atoms with Crippen molar-refractivity contribution < 1.29 is 4.39 Å². The molecule has 6 heteroatoms. The van der Waals surface area contributed by atoms with Gasteiger partial charge in [0.25, 0.3) is 0 Å². The fourth-order valence-corrected chi connectivity index (χ4v) is 2.08. The van der Waals surface area contributed by atoms with Crippen LogP contribution in [-0.2, 0) is 0 Å². The van der Waals surface area contributed by atoms with Crippen LogP contribution >= 0.6 is 0 Å². The number of halogens is 1. The number of pyridine rings is 1. The second-order valence-corrected chi connectivity index (χ2v) is 4.63. The molecule has 5 nitrogen and oxygen atoms in total. The Morgan fingerprint density at radius 2 is 2.00 bits per heavy atom. The van der Waals surface area contributed by atoms with Crippen LogP contribution in [0.25, 0.3) is 5.82 Å². The normalized spacial score (nSPS) is 12.1. The van der Waals surface area contributed by atoms with E-state index >= 15 is 0 Å². The zero-order valence-electron chi connectivity index (χ0n) is 11.4. The highest BCUT2D eigenvalue weighted by molar-refractivity contribution is 5.57. The van der Waals surface area contributed by atoms with Crippen LogP contribution in [0.2, 0.25) is 0 Å². The van der Waals surface area contributed by atoms with E-state index in [4.69, 9.17) is 0 Å². The number of hydrogen-bond donors (Lipinski definition) is 1. The third kappa shape index (κ3) is 2.89. The van der Waals surface area contributed by atoms with E-state index in [-0.39, 0.29) is 11.9 Å². The van der Waals surface area contributed by atoms with Gasteiger partial charge < -0.3 is 5.32 Å². The predicted molar refractivity (Wildman–Crippen MR) is 77.6 cm³/mol. The van der Waals surface area contributed by atoms with Crippen LogP contribution in [0, 0.1) is 5.82 Å². The Labute approximate surface area is 121 Å². The maximum Gasteiger partial charge on any atom is 0.178 e. The SMILES string of the molecule is CC(Nc1cccnc1-n1cncn1)c1ccc(F)cc1. The van der Waals surface area contributed by atoms with Gasteiger partial charge in [0.1, 0.15) is 18.5 Å². The number of hydrogen-bond acceptors (Lipinski definition) is 4. The van der Waals surface area contributed by atoms with Gasteiger partial charge in [0.05, 0.1) is 5.69 Å². The number of anilines is 1. The predicted octanol–water partition coefficient (Wildman–Crippen LogP) is 2.97. The molecule has 1 atom stereocenters. The highest BCUT2D eigenvalue weighted by atomic mass is 19.1. The first-order chi connectivity index (χ1) is 10.2. The summed E-state index contributed by atoms with van der Waals surface area (Å²) in [7, 11) is 0. The van der Waals surface area contributed by atoms with Crippen molar-refractivity contribution in [3.63, 3.8) is 0 Å². The highest BCUT2D eigenvalue weighted by Crippen LogP contribution is 2.23. The topological polar surface area (TPSA) is 55.6 Å². The molecule has 2 aromatic heterocycles. The molecule has 0 spiro atoms. The fraction of sp³-hybridized carbons (Fsp3) is 0.133. The van der Waals surface area contributed by atoms with Crippen LogP contribution in [0.3, 0.4) is 0 Å².